The van der Waals surface area contributed by atoms with Crippen molar-refractivity contribution in [3.05, 3.63) is 53.3 Å². The SMILES string of the molecule is CC(C)N(CCCCc1ccc2c(n1)NCCC2)CCC(NC(=O)c1cccc2c1cnn2C)C(=O)O. The molecule has 3 heterocycles. The number of aryl methyl sites for hydroxylation is 3. The van der Waals surface area contributed by atoms with Crippen molar-refractivity contribution in [2.75, 3.05) is 25.0 Å². The van der Waals surface area contributed by atoms with Crippen LogP contribution in [0.5, 0.6) is 0 Å². The molecule has 1 aromatic carbocycles. The van der Waals surface area contributed by atoms with Crippen molar-refractivity contribution >= 4 is 28.6 Å². The molecule has 1 amide bonds. The first kappa shape index (κ1) is 26.6. The first-order valence-corrected chi connectivity index (χ1v) is 13.2. The number of carboxylic acids is 1. The van der Waals surface area contributed by atoms with Gasteiger partial charge in [0.05, 0.1) is 17.3 Å². The molecule has 0 saturated carbocycles. The average Bonchev–Trinajstić information content (AvgIpc) is 3.27. The van der Waals surface area contributed by atoms with Gasteiger partial charge >= 0.3 is 5.97 Å². The van der Waals surface area contributed by atoms with Crippen LogP contribution < -0.4 is 10.6 Å². The number of aromatic nitrogens is 3. The van der Waals surface area contributed by atoms with Gasteiger partial charge in [-0.25, -0.2) is 9.78 Å². The summed E-state index contributed by atoms with van der Waals surface area (Å²) in [6.45, 7) is 6.69. The van der Waals surface area contributed by atoms with Crippen LogP contribution in [0.25, 0.3) is 10.9 Å². The fourth-order valence-corrected chi connectivity index (χ4v) is 4.92. The zero-order chi connectivity index (χ0) is 26.4. The number of benzene rings is 1. The number of aliphatic carboxylic acids is 1. The van der Waals surface area contributed by atoms with Crippen LogP contribution in [-0.2, 0) is 24.7 Å². The van der Waals surface area contributed by atoms with Crippen molar-refractivity contribution < 1.29 is 14.7 Å². The number of carboxylic acid groups (broad SMARTS) is 1. The molecule has 0 spiro atoms. The van der Waals surface area contributed by atoms with Gasteiger partial charge in [-0.2, -0.15) is 5.10 Å². The summed E-state index contributed by atoms with van der Waals surface area (Å²) in [7, 11) is 1.81. The maximum absolute atomic E-state index is 13.0. The summed E-state index contributed by atoms with van der Waals surface area (Å²) < 4.78 is 1.69. The van der Waals surface area contributed by atoms with Gasteiger partial charge in [0, 0.05) is 37.3 Å². The quantitative estimate of drug-likeness (QED) is 0.322. The molecule has 3 N–H and O–H groups in total. The minimum atomic E-state index is -1.03. The lowest BCUT2D eigenvalue weighted by Gasteiger charge is -2.28. The minimum Gasteiger partial charge on any atom is -0.480 e. The molecule has 0 radical (unpaired) electrons. The van der Waals surface area contributed by atoms with Gasteiger partial charge < -0.3 is 20.6 Å². The molecule has 1 aliphatic heterocycles. The molecular weight excluding hydrogens is 468 g/mol. The van der Waals surface area contributed by atoms with Gasteiger partial charge in [0.15, 0.2) is 0 Å². The van der Waals surface area contributed by atoms with E-state index in [1.165, 1.54) is 5.56 Å². The van der Waals surface area contributed by atoms with Gasteiger partial charge in [0.1, 0.15) is 11.9 Å². The Morgan fingerprint density at radius 3 is 2.81 bits per heavy atom. The molecule has 0 aliphatic carbocycles. The molecule has 9 nitrogen and oxygen atoms in total. The van der Waals surface area contributed by atoms with E-state index in [1.54, 1.807) is 23.0 Å². The van der Waals surface area contributed by atoms with Crippen LogP contribution in [0.1, 0.15) is 61.1 Å². The molecule has 1 atom stereocenters. The molecule has 0 bridgehead atoms. The third kappa shape index (κ3) is 6.65. The third-order valence-corrected chi connectivity index (χ3v) is 7.16. The number of hydrogen-bond donors (Lipinski definition) is 3. The second-order valence-corrected chi connectivity index (χ2v) is 10.1. The fourth-order valence-electron chi connectivity index (χ4n) is 4.92. The van der Waals surface area contributed by atoms with E-state index in [-0.39, 0.29) is 6.04 Å². The number of carbonyl (C=O) groups excluding carboxylic acids is 1. The third-order valence-electron chi connectivity index (χ3n) is 7.16. The van der Waals surface area contributed by atoms with Crippen LogP contribution in [0.3, 0.4) is 0 Å². The van der Waals surface area contributed by atoms with Crippen LogP contribution in [0, 0.1) is 0 Å². The first-order valence-electron chi connectivity index (χ1n) is 13.2. The lowest BCUT2D eigenvalue weighted by Crippen LogP contribution is -2.44. The van der Waals surface area contributed by atoms with Crippen molar-refractivity contribution in [1.29, 1.82) is 0 Å². The second kappa shape index (κ2) is 12.2. The largest absolute Gasteiger partial charge is 0.480 e. The van der Waals surface area contributed by atoms with E-state index >= 15 is 0 Å². The van der Waals surface area contributed by atoms with Crippen molar-refractivity contribution in [2.45, 2.75) is 64.5 Å². The summed E-state index contributed by atoms with van der Waals surface area (Å²) >= 11 is 0. The van der Waals surface area contributed by atoms with Gasteiger partial charge in [-0.3, -0.25) is 9.48 Å². The Labute approximate surface area is 218 Å². The predicted molar refractivity (Wildman–Crippen MR) is 145 cm³/mol. The van der Waals surface area contributed by atoms with Crippen LogP contribution in [0.15, 0.2) is 36.5 Å². The van der Waals surface area contributed by atoms with Crippen molar-refractivity contribution in [3.8, 4) is 0 Å². The number of amides is 1. The van der Waals surface area contributed by atoms with Crippen molar-refractivity contribution in [3.63, 3.8) is 0 Å². The molecule has 0 saturated heterocycles. The highest BCUT2D eigenvalue weighted by Gasteiger charge is 2.23. The highest BCUT2D eigenvalue weighted by molar-refractivity contribution is 6.07. The second-order valence-electron chi connectivity index (χ2n) is 10.1. The van der Waals surface area contributed by atoms with Crippen LogP contribution in [-0.4, -0.2) is 68.4 Å². The summed E-state index contributed by atoms with van der Waals surface area (Å²) in [6, 6.07) is 9.01. The standard InChI is InChI=1S/C28H38N6O3/c1-19(2)34(16-5-4-9-21-13-12-20-8-7-15-29-26(20)31-21)17-14-24(28(36)37)32-27(35)22-10-6-11-25-23(22)18-30-33(25)3/h6,10-13,18-19,24H,4-5,7-9,14-17H2,1-3H3,(H,29,31)(H,32,35)(H,36,37). The van der Waals surface area contributed by atoms with Crippen LogP contribution in [0.2, 0.25) is 0 Å². The molecule has 1 aliphatic rings. The Balaban J connectivity index is 1.28. The van der Waals surface area contributed by atoms with Crippen LogP contribution in [0.4, 0.5) is 5.82 Å². The Bertz CT molecular complexity index is 1240. The molecule has 198 valence electrons. The van der Waals surface area contributed by atoms with Crippen molar-refractivity contribution in [2.24, 2.45) is 7.05 Å². The van der Waals surface area contributed by atoms with Gasteiger partial charge in [-0.1, -0.05) is 12.1 Å². The Hall–Kier alpha value is -3.46. The number of unbranched alkanes of at least 4 members (excludes halogenated alkanes) is 1. The number of fused-ring (bicyclic) bond motifs is 2. The predicted octanol–water partition coefficient (Wildman–Crippen LogP) is 3.63. The molecule has 4 rings (SSSR count). The van der Waals surface area contributed by atoms with Gasteiger partial charge in [0.2, 0.25) is 0 Å². The van der Waals surface area contributed by atoms with E-state index in [4.69, 9.17) is 4.98 Å². The average molecular weight is 507 g/mol. The maximum Gasteiger partial charge on any atom is 0.326 e. The molecule has 3 aromatic rings. The number of pyridine rings is 1. The molecule has 2 aromatic heterocycles. The summed E-state index contributed by atoms with van der Waals surface area (Å²) in [5.41, 5.74) is 3.68. The zero-order valence-corrected chi connectivity index (χ0v) is 22.0. The van der Waals surface area contributed by atoms with Gasteiger partial charge in [0.25, 0.3) is 5.91 Å². The van der Waals surface area contributed by atoms with E-state index in [9.17, 15) is 14.7 Å². The van der Waals surface area contributed by atoms with Gasteiger partial charge in [-0.05, 0) is 82.7 Å². The van der Waals surface area contributed by atoms with Gasteiger partial charge in [-0.15, -0.1) is 0 Å². The summed E-state index contributed by atoms with van der Waals surface area (Å²) in [5.74, 6) is -0.384. The highest BCUT2D eigenvalue weighted by Crippen LogP contribution is 2.21. The lowest BCUT2D eigenvalue weighted by atomic mass is 10.1. The first-order chi connectivity index (χ1) is 17.8. The number of nitrogens with one attached hydrogen (secondary N) is 2. The topological polar surface area (TPSA) is 112 Å². The molecule has 37 heavy (non-hydrogen) atoms. The minimum absolute atomic E-state index is 0.278. The molecule has 0 fully saturated rings. The summed E-state index contributed by atoms with van der Waals surface area (Å²) in [5, 5.41) is 20.8. The number of hydrogen-bond acceptors (Lipinski definition) is 6. The van der Waals surface area contributed by atoms with Crippen LogP contribution >= 0.6 is 0 Å². The summed E-state index contributed by atoms with van der Waals surface area (Å²) in [4.78, 5) is 32.0. The van der Waals surface area contributed by atoms with E-state index in [0.717, 1.165) is 62.2 Å². The Morgan fingerprint density at radius 2 is 2.03 bits per heavy atom. The monoisotopic (exact) mass is 506 g/mol. The number of anilines is 1. The Kier molecular flexibility index (Phi) is 8.76. The number of carbonyl (C=O) groups is 2. The number of rotatable bonds is 12. The Morgan fingerprint density at radius 1 is 1.19 bits per heavy atom. The molecule has 1 unspecified atom stereocenters. The van der Waals surface area contributed by atoms with E-state index in [1.807, 2.05) is 13.1 Å². The molecule has 9 heteroatoms. The van der Waals surface area contributed by atoms with E-state index in [2.05, 4.69) is 46.6 Å². The maximum atomic E-state index is 13.0. The smallest absolute Gasteiger partial charge is 0.326 e. The molecular formula is C28H38N6O3. The lowest BCUT2D eigenvalue weighted by molar-refractivity contribution is -0.139. The zero-order valence-electron chi connectivity index (χ0n) is 22.0. The normalized spacial score (nSPS) is 14.0. The van der Waals surface area contributed by atoms with E-state index in [0.29, 0.717) is 23.9 Å². The highest BCUT2D eigenvalue weighted by atomic mass is 16.4. The van der Waals surface area contributed by atoms with Crippen molar-refractivity contribution in [1.82, 2.24) is 25.0 Å². The van der Waals surface area contributed by atoms with E-state index < -0.39 is 17.9 Å². The fraction of sp³-hybridized carbons (Fsp3) is 0.500. The summed E-state index contributed by atoms with van der Waals surface area (Å²) in [6.07, 6.45) is 7.16. The number of nitrogens with zero attached hydrogens (tertiary/aromatic N) is 4.